The lowest BCUT2D eigenvalue weighted by Crippen LogP contribution is -2.20. The maximum Gasteiger partial charge on any atom is 0.229 e. The molecule has 2 heterocycles. The molecule has 0 aliphatic carbocycles. The number of anilines is 1. The molecule has 3 aromatic rings. The summed E-state index contributed by atoms with van der Waals surface area (Å²) in [5.74, 6) is 0.0182. The van der Waals surface area contributed by atoms with E-state index in [1.807, 2.05) is 38.4 Å². The molecule has 6 heteroatoms. The van der Waals surface area contributed by atoms with Gasteiger partial charge in [0, 0.05) is 25.4 Å². The number of hydrogen-bond donors (Lipinski definition) is 1. The second kappa shape index (κ2) is 5.46. The van der Waals surface area contributed by atoms with E-state index >= 15 is 0 Å². The van der Waals surface area contributed by atoms with Crippen LogP contribution in [0, 0.1) is 0 Å². The zero-order valence-corrected chi connectivity index (χ0v) is 13.2. The van der Waals surface area contributed by atoms with Crippen LogP contribution in [0.15, 0.2) is 24.3 Å². The number of carbonyl (C=O) groups is 1. The maximum absolute atomic E-state index is 12.0. The summed E-state index contributed by atoms with van der Waals surface area (Å²) >= 11 is 1.53. The molecule has 1 N–H and O–H groups in total. The Hall–Kier alpha value is -1.92. The van der Waals surface area contributed by atoms with Crippen LogP contribution in [0.4, 0.5) is 5.13 Å². The average molecular weight is 302 g/mol. The number of thiazole rings is 1. The summed E-state index contributed by atoms with van der Waals surface area (Å²) in [5.41, 5.74) is 1.83. The van der Waals surface area contributed by atoms with Crippen molar-refractivity contribution in [2.24, 2.45) is 0 Å². The molecule has 21 heavy (non-hydrogen) atoms. The summed E-state index contributed by atoms with van der Waals surface area (Å²) in [5, 5.41) is 5.21. The first-order valence-electron chi connectivity index (χ1n) is 6.87. The minimum Gasteiger partial charge on any atom is -0.360 e. The van der Waals surface area contributed by atoms with Crippen molar-refractivity contribution >= 4 is 43.6 Å². The monoisotopic (exact) mass is 302 g/mol. The Morgan fingerprint density at radius 2 is 2.14 bits per heavy atom. The van der Waals surface area contributed by atoms with Gasteiger partial charge >= 0.3 is 0 Å². The lowest BCUT2D eigenvalue weighted by atomic mass is 10.2. The second-order valence-electron chi connectivity index (χ2n) is 5.27. The van der Waals surface area contributed by atoms with Gasteiger partial charge in [-0.2, -0.15) is 0 Å². The molecule has 0 spiro atoms. The average Bonchev–Trinajstić information content (AvgIpc) is 2.94. The van der Waals surface area contributed by atoms with Gasteiger partial charge in [0.05, 0.1) is 5.52 Å². The lowest BCUT2D eigenvalue weighted by molar-refractivity contribution is 0.0947. The predicted molar refractivity (Wildman–Crippen MR) is 88.5 cm³/mol. The molecule has 0 saturated heterocycles. The Morgan fingerprint density at radius 3 is 2.86 bits per heavy atom. The van der Waals surface area contributed by atoms with Gasteiger partial charge in [0.25, 0.3) is 0 Å². The maximum atomic E-state index is 12.0. The highest BCUT2D eigenvalue weighted by atomic mass is 32.1. The number of rotatable bonds is 4. The molecule has 2 aromatic heterocycles. The number of para-hydroxylation sites is 1. The van der Waals surface area contributed by atoms with Gasteiger partial charge in [-0.1, -0.05) is 29.5 Å². The van der Waals surface area contributed by atoms with Gasteiger partial charge in [-0.25, -0.2) is 4.98 Å². The molecular weight excluding hydrogens is 284 g/mol. The van der Waals surface area contributed by atoms with Crippen LogP contribution in [-0.2, 0) is 0 Å². The zero-order valence-electron chi connectivity index (χ0n) is 12.4. The molecule has 0 aliphatic rings. The molecule has 110 valence electrons. The van der Waals surface area contributed by atoms with Gasteiger partial charge in [-0.15, -0.1) is 0 Å². The van der Waals surface area contributed by atoms with E-state index in [9.17, 15) is 4.79 Å². The molecule has 3 rings (SSSR count). The number of hydrogen-bond acceptors (Lipinski definition) is 5. The van der Waals surface area contributed by atoms with E-state index in [4.69, 9.17) is 0 Å². The Morgan fingerprint density at radius 1 is 1.38 bits per heavy atom. The topological polar surface area (TPSA) is 50.2 Å². The fourth-order valence-corrected chi connectivity index (χ4v) is 3.46. The molecule has 0 unspecified atom stereocenters. The number of benzene rings is 1. The molecule has 0 fully saturated rings. The molecule has 5 nitrogen and oxygen atoms in total. The third kappa shape index (κ3) is 2.52. The molecule has 0 bridgehead atoms. The van der Waals surface area contributed by atoms with E-state index in [-0.39, 0.29) is 5.91 Å². The van der Waals surface area contributed by atoms with Crippen LogP contribution in [-0.4, -0.2) is 47.5 Å². The molecule has 0 radical (unpaired) electrons. The number of fused-ring (bicyclic) bond motifs is 3. The van der Waals surface area contributed by atoms with Gasteiger partial charge in [0.15, 0.2) is 5.13 Å². The molecular formula is C15H18N4OS. The molecule has 0 aliphatic heterocycles. The summed E-state index contributed by atoms with van der Waals surface area (Å²) in [6, 6.07) is 7.90. The number of nitrogens with zero attached hydrogens (tertiary/aromatic N) is 3. The summed E-state index contributed by atoms with van der Waals surface area (Å²) in [6.07, 6.45) is 0. The van der Waals surface area contributed by atoms with Gasteiger partial charge in [-0.3, -0.25) is 9.36 Å². The normalized spacial score (nSPS) is 11.6. The minimum absolute atomic E-state index is 0.0182. The highest BCUT2D eigenvalue weighted by molar-refractivity contribution is 7.22. The van der Waals surface area contributed by atoms with E-state index < -0.39 is 0 Å². The third-order valence-corrected chi connectivity index (χ3v) is 4.36. The lowest BCUT2D eigenvalue weighted by Gasteiger charge is -2.09. The van der Waals surface area contributed by atoms with E-state index in [0.717, 1.165) is 39.5 Å². The van der Waals surface area contributed by atoms with Crippen molar-refractivity contribution in [2.45, 2.75) is 6.92 Å². The number of aromatic nitrogens is 2. The van der Waals surface area contributed by atoms with Gasteiger partial charge in [-0.05, 0) is 20.2 Å². The Bertz CT molecular complexity index is 803. The summed E-state index contributed by atoms with van der Waals surface area (Å²) < 4.78 is 1.75. The van der Waals surface area contributed by atoms with Crippen LogP contribution >= 0.6 is 11.3 Å². The quantitative estimate of drug-likeness (QED) is 0.805. The Kier molecular flexibility index (Phi) is 3.65. The first kappa shape index (κ1) is 14.0. The number of carbonyl (C=O) groups excluding carboxylic acids is 1. The van der Waals surface area contributed by atoms with Gasteiger partial charge in [0.1, 0.15) is 10.3 Å². The van der Waals surface area contributed by atoms with Crippen molar-refractivity contribution < 1.29 is 4.79 Å². The highest BCUT2D eigenvalue weighted by Gasteiger charge is 2.17. The van der Waals surface area contributed by atoms with E-state index in [1.54, 1.807) is 11.5 Å². The fourth-order valence-electron chi connectivity index (χ4n) is 2.39. The molecule has 0 atom stereocenters. The Balaban J connectivity index is 2.05. The number of likely N-dealkylation sites (N-methyl/N-ethyl adjacent to an activating group) is 1. The van der Waals surface area contributed by atoms with E-state index in [1.165, 1.54) is 11.3 Å². The standard InChI is InChI=1S/C15H18N4OS/c1-10(20)19-12-7-5-4-6-11(12)13-14(19)21-15(17-13)16-8-9-18(2)3/h4-7H,8-9H2,1-3H3,(H,16,17). The van der Waals surface area contributed by atoms with Crippen molar-refractivity contribution in [3.8, 4) is 0 Å². The molecule has 1 aromatic carbocycles. The Labute approximate surface area is 127 Å². The molecule has 0 saturated carbocycles. The van der Waals surface area contributed by atoms with Crippen LogP contribution in [0.5, 0.6) is 0 Å². The van der Waals surface area contributed by atoms with Crippen molar-refractivity contribution in [2.75, 3.05) is 32.5 Å². The van der Waals surface area contributed by atoms with Crippen molar-refractivity contribution in [3.05, 3.63) is 24.3 Å². The zero-order chi connectivity index (χ0) is 15.0. The van der Waals surface area contributed by atoms with Crippen molar-refractivity contribution in [3.63, 3.8) is 0 Å². The van der Waals surface area contributed by atoms with Crippen LogP contribution < -0.4 is 5.32 Å². The third-order valence-electron chi connectivity index (χ3n) is 3.36. The van der Waals surface area contributed by atoms with Crippen molar-refractivity contribution in [1.82, 2.24) is 14.5 Å². The van der Waals surface area contributed by atoms with E-state index in [0.29, 0.717) is 0 Å². The van der Waals surface area contributed by atoms with Crippen molar-refractivity contribution in [1.29, 1.82) is 0 Å². The van der Waals surface area contributed by atoms with Gasteiger partial charge in [0.2, 0.25) is 5.91 Å². The summed E-state index contributed by atoms with van der Waals surface area (Å²) in [7, 11) is 4.08. The first-order valence-corrected chi connectivity index (χ1v) is 7.69. The van der Waals surface area contributed by atoms with Crippen LogP contribution in [0.3, 0.4) is 0 Å². The minimum atomic E-state index is 0.0182. The smallest absolute Gasteiger partial charge is 0.229 e. The SMILES string of the molecule is CC(=O)n1c2ccccc2c2nc(NCCN(C)C)sc21. The highest BCUT2D eigenvalue weighted by Crippen LogP contribution is 2.34. The largest absolute Gasteiger partial charge is 0.360 e. The van der Waals surface area contributed by atoms with E-state index in [2.05, 4.69) is 15.2 Å². The van der Waals surface area contributed by atoms with Crippen LogP contribution in [0.25, 0.3) is 21.3 Å². The predicted octanol–water partition coefficient (Wildman–Crippen LogP) is 2.88. The molecule has 0 amide bonds. The second-order valence-corrected chi connectivity index (χ2v) is 6.25. The fraction of sp³-hybridized carbons (Fsp3) is 0.333. The van der Waals surface area contributed by atoms with Crippen LogP contribution in [0.1, 0.15) is 11.7 Å². The van der Waals surface area contributed by atoms with Crippen LogP contribution in [0.2, 0.25) is 0 Å². The summed E-state index contributed by atoms with van der Waals surface area (Å²) in [6.45, 7) is 3.36. The van der Waals surface area contributed by atoms with Gasteiger partial charge < -0.3 is 10.2 Å². The summed E-state index contributed by atoms with van der Waals surface area (Å²) in [4.78, 5) is 19.6. The number of nitrogens with one attached hydrogen (secondary N) is 1. The first-order chi connectivity index (χ1) is 10.1.